The minimum Gasteiger partial charge on any atom is -0.398 e. The van der Waals surface area contributed by atoms with Crippen LogP contribution >= 0.6 is 0 Å². The molecule has 0 amide bonds. The third-order valence-corrected chi connectivity index (χ3v) is 4.12. The van der Waals surface area contributed by atoms with Crippen LogP contribution in [0.15, 0.2) is 29.2 Å². The summed E-state index contributed by atoms with van der Waals surface area (Å²) in [6.45, 7) is 3.64. The molecule has 0 atom stereocenters. The topological polar surface area (TPSA) is 90.0 Å². The minimum atomic E-state index is -3.71. The molecule has 1 aromatic heterocycles. The normalized spacial score (nSPS) is 11.5. The maximum absolute atomic E-state index is 12.3. The molecule has 19 heavy (non-hydrogen) atoms. The molecule has 0 saturated carbocycles. The zero-order valence-electron chi connectivity index (χ0n) is 11.0. The Labute approximate surface area is 112 Å². The van der Waals surface area contributed by atoms with Crippen molar-refractivity contribution in [3.63, 3.8) is 0 Å². The van der Waals surface area contributed by atoms with Gasteiger partial charge in [-0.3, -0.25) is 9.40 Å². The lowest BCUT2D eigenvalue weighted by Crippen LogP contribution is -2.16. The number of benzene rings is 1. The molecule has 0 fully saturated rings. The van der Waals surface area contributed by atoms with Gasteiger partial charge >= 0.3 is 0 Å². The molecule has 0 radical (unpaired) electrons. The van der Waals surface area contributed by atoms with Crippen molar-refractivity contribution < 1.29 is 8.42 Å². The van der Waals surface area contributed by atoms with Gasteiger partial charge in [-0.1, -0.05) is 6.07 Å². The van der Waals surface area contributed by atoms with Gasteiger partial charge in [0.05, 0.1) is 11.4 Å². The van der Waals surface area contributed by atoms with Gasteiger partial charge in [0.25, 0.3) is 10.0 Å². The lowest BCUT2D eigenvalue weighted by atomic mass is 10.2. The van der Waals surface area contributed by atoms with E-state index in [1.165, 1.54) is 10.7 Å². The molecule has 0 aliphatic rings. The monoisotopic (exact) mass is 280 g/mol. The molecule has 0 saturated heterocycles. The smallest absolute Gasteiger partial charge is 0.265 e. The van der Waals surface area contributed by atoms with E-state index in [0.29, 0.717) is 5.82 Å². The lowest BCUT2D eigenvalue weighted by molar-refractivity contribution is 0.600. The summed E-state index contributed by atoms with van der Waals surface area (Å²) in [6, 6.07) is 6.49. The van der Waals surface area contributed by atoms with Crippen LogP contribution < -0.4 is 10.5 Å². The lowest BCUT2D eigenvalue weighted by Gasteiger charge is -2.10. The van der Waals surface area contributed by atoms with E-state index < -0.39 is 10.0 Å². The number of hydrogen-bond acceptors (Lipinski definition) is 4. The average Bonchev–Trinajstić information content (AvgIpc) is 2.55. The minimum absolute atomic E-state index is 0.0666. The van der Waals surface area contributed by atoms with E-state index in [1.807, 2.05) is 6.92 Å². The quantitative estimate of drug-likeness (QED) is 0.832. The Balaban J connectivity index is 2.40. The maximum Gasteiger partial charge on any atom is 0.265 e. The first-order valence-electron chi connectivity index (χ1n) is 5.69. The van der Waals surface area contributed by atoms with Crippen LogP contribution in [0.25, 0.3) is 0 Å². The van der Waals surface area contributed by atoms with Gasteiger partial charge in [-0.25, -0.2) is 8.42 Å². The van der Waals surface area contributed by atoms with Gasteiger partial charge < -0.3 is 5.73 Å². The molecular weight excluding hydrogens is 264 g/mol. The summed E-state index contributed by atoms with van der Waals surface area (Å²) < 4.78 is 28.5. The first kappa shape index (κ1) is 13.4. The number of nitrogens with zero attached hydrogens (tertiary/aromatic N) is 2. The van der Waals surface area contributed by atoms with Gasteiger partial charge in [-0.05, 0) is 31.5 Å². The Hall–Kier alpha value is -2.02. The van der Waals surface area contributed by atoms with Crippen LogP contribution in [-0.4, -0.2) is 18.2 Å². The van der Waals surface area contributed by atoms with E-state index in [9.17, 15) is 8.42 Å². The number of rotatable bonds is 3. The fraction of sp³-hybridized carbons (Fsp3) is 0.250. The Morgan fingerprint density at radius 1 is 1.26 bits per heavy atom. The molecular formula is C12H16N4O2S. The van der Waals surface area contributed by atoms with Crippen LogP contribution in [0.3, 0.4) is 0 Å². The summed E-state index contributed by atoms with van der Waals surface area (Å²) in [5, 5.41) is 4.08. The Bertz CT molecular complexity index is 719. The largest absolute Gasteiger partial charge is 0.398 e. The predicted octanol–water partition coefficient (Wildman–Crippen LogP) is 1.42. The van der Waals surface area contributed by atoms with Crippen LogP contribution in [0.1, 0.15) is 11.3 Å². The molecule has 0 spiro atoms. The Kier molecular flexibility index (Phi) is 3.23. The van der Waals surface area contributed by atoms with Crippen molar-refractivity contribution in [2.45, 2.75) is 18.7 Å². The molecule has 0 bridgehead atoms. The molecule has 7 heteroatoms. The van der Waals surface area contributed by atoms with Crippen molar-refractivity contribution in [2.24, 2.45) is 7.05 Å². The number of nitrogen functional groups attached to an aromatic ring is 1. The highest BCUT2D eigenvalue weighted by molar-refractivity contribution is 7.92. The van der Waals surface area contributed by atoms with E-state index in [1.54, 1.807) is 32.2 Å². The summed E-state index contributed by atoms with van der Waals surface area (Å²) in [5.74, 6) is 0.400. The second kappa shape index (κ2) is 4.58. The Morgan fingerprint density at radius 2 is 1.95 bits per heavy atom. The number of anilines is 2. The molecule has 0 aliphatic heterocycles. The van der Waals surface area contributed by atoms with Crippen molar-refractivity contribution in [1.82, 2.24) is 9.78 Å². The summed E-state index contributed by atoms with van der Waals surface area (Å²) >= 11 is 0. The number of nitrogens with two attached hydrogens (primary N) is 1. The number of nitrogens with one attached hydrogen (secondary N) is 1. The number of aromatic nitrogens is 2. The highest BCUT2D eigenvalue weighted by Crippen LogP contribution is 2.22. The summed E-state index contributed by atoms with van der Waals surface area (Å²) in [6.07, 6.45) is 0. The van der Waals surface area contributed by atoms with Crippen LogP contribution in [0.4, 0.5) is 11.5 Å². The van der Waals surface area contributed by atoms with Crippen molar-refractivity contribution in [3.8, 4) is 0 Å². The van der Waals surface area contributed by atoms with E-state index in [0.717, 1.165) is 11.3 Å². The van der Waals surface area contributed by atoms with Gasteiger partial charge in [0.1, 0.15) is 10.7 Å². The summed E-state index contributed by atoms with van der Waals surface area (Å²) in [7, 11) is -2.04. The van der Waals surface area contributed by atoms with E-state index in [4.69, 9.17) is 5.73 Å². The predicted molar refractivity (Wildman–Crippen MR) is 74.3 cm³/mol. The maximum atomic E-state index is 12.3. The summed E-state index contributed by atoms with van der Waals surface area (Å²) in [4.78, 5) is 0.0666. The summed E-state index contributed by atoms with van der Waals surface area (Å²) in [5.41, 5.74) is 7.63. The number of aryl methyl sites for hydroxylation is 3. The molecule has 1 aromatic carbocycles. The third-order valence-electron chi connectivity index (χ3n) is 2.70. The molecule has 2 aromatic rings. The van der Waals surface area contributed by atoms with Gasteiger partial charge in [0.2, 0.25) is 0 Å². The molecule has 0 unspecified atom stereocenters. The fourth-order valence-electron chi connectivity index (χ4n) is 1.81. The number of hydrogen-bond donors (Lipinski definition) is 2. The van der Waals surface area contributed by atoms with Gasteiger partial charge in [-0.15, -0.1) is 0 Å². The molecule has 6 nitrogen and oxygen atoms in total. The van der Waals surface area contributed by atoms with Gasteiger partial charge in [0.15, 0.2) is 0 Å². The Morgan fingerprint density at radius 3 is 2.47 bits per heavy atom. The van der Waals surface area contributed by atoms with Crippen molar-refractivity contribution in [3.05, 3.63) is 35.5 Å². The molecule has 1 heterocycles. The highest BCUT2D eigenvalue weighted by atomic mass is 32.2. The zero-order valence-corrected chi connectivity index (χ0v) is 11.8. The first-order chi connectivity index (χ1) is 8.79. The molecule has 2 rings (SSSR count). The molecule has 102 valence electrons. The van der Waals surface area contributed by atoms with Gasteiger partial charge in [0, 0.05) is 13.1 Å². The second-order valence-electron chi connectivity index (χ2n) is 4.44. The van der Waals surface area contributed by atoms with Crippen LogP contribution in [0.2, 0.25) is 0 Å². The van der Waals surface area contributed by atoms with Crippen molar-refractivity contribution in [2.75, 3.05) is 10.5 Å². The van der Waals surface area contributed by atoms with Crippen LogP contribution in [0.5, 0.6) is 0 Å². The van der Waals surface area contributed by atoms with Crippen LogP contribution in [-0.2, 0) is 17.1 Å². The first-order valence-corrected chi connectivity index (χ1v) is 7.17. The van der Waals surface area contributed by atoms with E-state index in [2.05, 4.69) is 9.82 Å². The zero-order chi connectivity index (χ0) is 14.2. The average molecular weight is 280 g/mol. The standard InChI is InChI=1S/C12H16N4O2S/c1-8-4-5-11(10(13)6-8)19(17,18)15-12-7-9(2)14-16(12)3/h4-7,15H,13H2,1-3H3. The van der Waals surface area contributed by atoms with Crippen molar-refractivity contribution >= 4 is 21.5 Å². The van der Waals surface area contributed by atoms with Gasteiger partial charge in [-0.2, -0.15) is 5.10 Å². The molecule has 0 aliphatic carbocycles. The third kappa shape index (κ3) is 2.70. The number of sulfonamides is 1. The molecule has 3 N–H and O–H groups in total. The van der Waals surface area contributed by atoms with E-state index in [-0.39, 0.29) is 10.6 Å². The fourth-order valence-corrected chi connectivity index (χ4v) is 3.00. The second-order valence-corrected chi connectivity index (χ2v) is 6.09. The van der Waals surface area contributed by atoms with Crippen molar-refractivity contribution in [1.29, 1.82) is 0 Å². The highest BCUT2D eigenvalue weighted by Gasteiger charge is 2.19. The van der Waals surface area contributed by atoms with E-state index >= 15 is 0 Å². The SMILES string of the molecule is Cc1ccc(S(=O)(=O)Nc2cc(C)nn2C)c(N)c1. The van der Waals surface area contributed by atoms with Crippen LogP contribution in [0, 0.1) is 13.8 Å².